The smallest absolute Gasteiger partial charge is 0.317 e. The third-order valence-corrected chi connectivity index (χ3v) is 3.02. The lowest BCUT2D eigenvalue weighted by Gasteiger charge is -2.30. The molecule has 0 bridgehead atoms. The number of urea groups is 1. The van der Waals surface area contributed by atoms with Crippen LogP contribution in [0.3, 0.4) is 0 Å². The molecule has 0 aliphatic carbocycles. The number of nitrogens with one attached hydrogen (secondary N) is 2. The zero-order valence-corrected chi connectivity index (χ0v) is 10.8. The summed E-state index contributed by atoms with van der Waals surface area (Å²) < 4.78 is 0. The molecule has 0 spiro atoms. The number of likely N-dealkylation sites (tertiary alicyclic amines) is 1. The van der Waals surface area contributed by atoms with Crippen molar-refractivity contribution in [2.75, 3.05) is 26.2 Å². The van der Waals surface area contributed by atoms with Crippen molar-refractivity contribution >= 4 is 6.03 Å². The van der Waals surface area contributed by atoms with Crippen LogP contribution < -0.4 is 10.6 Å². The minimum absolute atomic E-state index is 0.0949. The van der Waals surface area contributed by atoms with E-state index in [0.717, 1.165) is 38.4 Å². The van der Waals surface area contributed by atoms with Crippen molar-refractivity contribution in [3.63, 3.8) is 0 Å². The summed E-state index contributed by atoms with van der Waals surface area (Å²) in [5, 5.41) is 6.22. The fraction of sp³-hybridized carbons (Fsp3) is 0.917. The zero-order valence-electron chi connectivity index (χ0n) is 10.8. The Morgan fingerprint density at radius 3 is 2.50 bits per heavy atom. The van der Waals surface area contributed by atoms with Crippen LogP contribution in [0.25, 0.3) is 0 Å². The molecule has 0 aromatic heterocycles. The Morgan fingerprint density at radius 2 is 1.94 bits per heavy atom. The molecule has 0 radical (unpaired) electrons. The second kappa shape index (κ2) is 6.74. The van der Waals surface area contributed by atoms with Crippen LogP contribution in [0, 0.1) is 5.92 Å². The van der Waals surface area contributed by atoms with Crippen molar-refractivity contribution < 1.29 is 4.79 Å². The first-order chi connectivity index (χ1) is 7.59. The van der Waals surface area contributed by atoms with E-state index in [1.54, 1.807) is 0 Å². The van der Waals surface area contributed by atoms with E-state index < -0.39 is 0 Å². The summed E-state index contributed by atoms with van der Waals surface area (Å²) in [4.78, 5) is 13.7. The third-order valence-electron chi connectivity index (χ3n) is 3.02. The van der Waals surface area contributed by atoms with Crippen molar-refractivity contribution in [3.05, 3.63) is 0 Å². The van der Waals surface area contributed by atoms with E-state index in [4.69, 9.17) is 0 Å². The maximum atomic E-state index is 11.7. The Bertz CT molecular complexity index is 210. The van der Waals surface area contributed by atoms with E-state index in [1.807, 2.05) is 4.90 Å². The van der Waals surface area contributed by atoms with E-state index in [1.165, 1.54) is 0 Å². The molecule has 2 amide bonds. The van der Waals surface area contributed by atoms with Crippen LogP contribution in [0.2, 0.25) is 0 Å². The van der Waals surface area contributed by atoms with Crippen molar-refractivity contribution in [1.82, 2.24) is 15.5 Å². The minimum atomic E-state index is 0.0949. The summed E-state index contributed by atoms with van der Waals surface area (Å²) in [6.07, 6.45) is 2.27. The monoisotopic (exact) mass is 227 g/mol. The Hall–Kier alpha value is -0.770. The molecular formula is C12H25N3O. The number of nitrogens with zero attached hydrogens (tertiary/aromatic N) is 1. The fourth-order valence-corrected chi connectivity index (χ4v) is 1.85. The lowest BCUT2D eigenvalue weighted by atomic mass is 10.00. The van der Waals surface area contributed by atoms with E-state index in [9.17, 15) is 4.79 Å². The summed E-state index contributed by atoms with van der Waals surface area (Å²) >= 11 is 0. The van der Waals surface area contributed by atoms with Crippen molar-refractivity contribution in [2.45, 2.75) is 39.7 Å². The lowest BCUT2D eigenvalue weighted by Crippen LogP contribution is -2.46. The molecule has 1 rings (SSSR count). The van der Waals surface area contributed by atoms with Crippen LogP contribution >= 0.6 is 0 Å². The topological polar surface area (TPSA) is 44.4 Å². The second-order valence-corrected chi connectivity index (χ2v) is 5.01. The van der Waals surface area contributed by atoms with E-state index in [-0.39, 0.29) is 6.03 Å². The molecule has 1 aliphatic rings. The van der Waals surface area contributed by atoms with Gasteiger partial charge in [0.05, 0.1) is 0 Å². The van der Waals surface area contributed by atoms with E-state index in [2.05, 4.69) is 31.4 Å². The summed E-state index contributed by atoms with van der Waals surface area (Å²) in [6, 6.07) is 0.574. The molecule has 1 aliphatic heterocycles. The summed E-state index contributed by atoms with van der Waals surface area (Å²) in [5.74, 6) is 0.770. The molecule has 0 saturated carbocycles. The van der Waals surface area contributed by atoms with Crippen molar-refractivity contribution in [2.24, 2.45) is 5.92 Å². The van der Waals surface area contributed by atoms with Gasteiger partial charge < -0.3 is 15.5 Å². The number of hydrogen-bond acceptors (Lipinski definition) is 2. The normalized spacial score (nSPS) is 17.9. The van der Waals surface area contributed by atoms with Gasteiger partial charge in [0.25, 0.3) is 0 Å². The van der Waals surface area contributed by atoms with Crippen LogP contribution in [0.1, 0.15) is 33.6 Å². The average Bonchev–Trinajstić information content (AvgIpc) is 2.25. The number of piperidine rings is 1. The molecular weight excluding hydrogens is 202 g/mol. The van der Waals surface area contributed by atoms with Gasteiger partial charge in [-0.3, -0.25) is 0 Å². The number of rotatable bonds is 4. The summed E-state index contributed by atoms with van der Waals surface area (Å²) in [5.41, 5.74) is 0. The Labute approximate surface area is 98.8 Å². The highest BCUT2D eigenvalue weighted by molar-refractivity contribution is 5.74. The Kier molecular flexibility index (Phi) is 5.60. The van der Waals surface area contributed by atoms with Gasteiger partial charge in [-0.1, -0.05) is 20.8 Å². The molecule has 4 nitrogen and oxygen atoms in total. The first kappa shape index (κ1) is 13.3. The average molecular weight is 227 g/mol. The first-order valence-electron chi connectivity index (χ1n) is 6.35. The fourth-order valence-electron chi connectivity index (χ4n) is 1.85. The molecule has 0 unspecified atom stereocenters. The van der Waals surface area contributed by atoms with Gasteiger partial charge in [-0.05, 0) is 18.8 Å². The Balaban J connectivity index is 2.10. The highest BCUT2D eigenvalue weighted by Crippen LogP contribution is 2.15. The van der Waals surface area contributed by atoms with Crippen molar-refractivity contribution in [1.29, 1.82) is 0 Å². The second-order valence-electron chi connectivity index (χ2n) is 5.01. The highest BCUT2D eigenvalue weighted by atomic mass is 16.2. The minimum Gasteiger partial charge on any atom is -0.337 e. The number of carbonyl (C=O) groups excluding carboxylic acids is 1. The van der Waals surface area contributed by atoms with Gasteiger partial charge in [0.1, 0.15) is 0 Å². The largest absolute Gasteiger partial charge is 0.337 e. The predicted molar refractivity (Wildman–Crippen MR) is 66.5 cm³/mol. The molecule has 0 aromatic rings. The van der Waals surface area contributed by atoms with Crippen LogP contribution in [0.5, 0.6) is 0 Å². The van der Waals surface area contributed by atoms with Gasteiger partial charge in [0.2, 0.25) is 0 Å². The third kappa shape index (κ3) is 4.84. The molecule has 94 valence electrons. The van der Waals surface area contributed by atoms with E-state index in [0.29, 0.717) is 12.6 Å². The van der Waals surface area contributed by atoms with Crippen LogP contribution in [-0.4, -0.2) is 43.2 Å². The maximum absolute atomic E-state index is 11.7. The molecule has 4 heteroatoms. The predicted octanol–water partition coefficient (Wildman–Crippen LogP) is 1.43. The quantitative estimate of drug-likeness (QED) is 0.714. The van der Waals surface area contributed by atoms with Gasteiger partial charge in [-0.25, -0.2) is 4.79 Å². The van der Waals surface area contributed by atoms with Gasteiger partial charge in [0, 0.05) is 32.2 Å². The van der Waals surface area contributed by atoms with Crippen LogP contribution in [-0.2, 0) is 0 Å². The lowest BCUT2D eigenvalue weighted by molar-refractivity contribution is 0.174. The SMILES string of the molecule is CC1CCN(C(=O)NCCNC(C)C)CC1. The molecule has 0 atom stereocenters. The summed E-state index contributed by atoms with van der Waals surface area (Å²) in [6.45, 7) is 9.83. The molecule has 2 N–H and O–H groups in total. The maximum Gasteiger partial charge on any atom is 0.317 e. The van der Waals surface area contributed by atoms with Crippen LogP contribution in [0.4, 0.5) is 4.79 Å². The summed E-state index contributed by atoms with van der Waals surface area (Å²) in [7, 11) is 0. The Morgan fingerprint density at radius 1 is 1.31 bits per heavy atom. The van der Waals surface area contributed by atoms with Gasteiger partial charge >= 0.3 is 6.03 Å². The van der Waals surface area contributed by atoms with Gasteiger partial charge in [-0.15, -0.1) is 0 Å². The standard InChI is InChI=1S/C12H25N3O/c1-10(2)13-6-7-14-12(16)15-8-4-11(3)5-9-15/h10-11,13H,4-9H2,1-3H3,(H,14,16). The molecule has 1 heterocycles. The first-order valence-corrected chi connectivity index (χ1v) is 6.35. The van der Waals surface area contributed by atoms with Gasteiger partial charge in [0.15, 0.2) is 0 Å². The molecule has 0 aromatic carbocycles. The highest BCUT2D eigenvalue weighted by Gasteiger charge is 2.19. The van der Waals surface area contributed by atoms with Gasteiger partial charge in [-0.2, -0.15) is 0 Å². The number of amides is 2. The number of hydrogen-bond donors (Lipinski definition) is 2. The zero-order chi connectivity index (χ0) is 12.0. The molecule has 16 heavy (non-hydrogen) atoms. The number of carbonyl (C=O) groups is 1. The van der Waals surface area contributed by atoms with Crippen molar-refractivity contribution in [3.8, 4) is 0 Å². The van der Waals surface area contributed by atoms with E-state index >= 15 is 0 Å². The molecule has 1 fully saturated rings. The van der Waals surface area contributed by atoms with Crippen LogP contribution in [0.15, 0.2) is 0 Å². The molecule has 1 saturated heterocycles.